The smallest absolute Gasteiger partial charge is 0.356 e. The van der Waals surface area contributed by atoms with Crippen LogP contribution >= 0.6 is 0 Å². The quantitative estimate of drug-likeness (QED) is 0.689. The van der Waals surface area contributed by atoms with Crippen LogP contribution in [0, 0.1) is 34.5 Å². The zero-order valence-corrected chi connectivity index (χ0v) is 18.1. The second kappa shape index (κ2) is 7.03. The summed E-state index contributed by atoms with van der Waals surface area (Å²) in [7, 11) is 0. The first-order valence-corrected chi connectivity index (χ1v) is 11.9. The van der Waals surface area contributed by atoms with Crippen LogP contribution in [-0.4, -0.2) is 45.6 Å². The van der Waals surface area contributed by atoms with Crippen molar-refractivity contribution >= 4 is 11.9 Å². The van der Waals surface area contributed by atoms with Gasteiger partial charge in [-0.2, -0.15) is 5.26 Å². The van der Waals surface area contributed by atoms with Crippen LogP contribution in [0.4, 0.5) is 0 Å². The molecule has 0 radical (unpaired) electrons. The highest BCUT2D eigenvalue weighted by Crippen LogP contribution is 2.63. The van der Waals surface area contributed by atoms with E-state index in [1.807, 2.05) is 6.07 Å². The summed E-state index contributed by atoms with van der Waals surface area (Å²) in [6, 6.07) is 9.97. The van der Waals surface area contributed by atoms with Gasteiger partial charge < -0.3 is 14.8 Å². The minimum absolute atomic E-state index is 0.123. The van der Waals surface area contributed by atoms with Gasteiger partial charge >= 0.3 is 5.97 Å². The van der Waals surface area contributed by atoms with Crippen molar-refractivity contribution in [3.63, 3.8) is 0 Å². The molecule has 7 heteroatoms. The molecule has 1 heterocycles. The largest absolute Gasteiger partial charge is 0.390 e. The van der Waals surface area contributed by atoms with Gasteiger partial charge in [0, 0.05) is 11.5 Å². The molecule has 5 aliphatic carbocycles. The molecule has 6 atom stereocenters. The molecular weight excluding hydrogens is 406 g/mol. The van der Waals surface area contributed by atoms with Crippen molar-refractivity contribution < 1.29 is 19.5 Å². The lowest BCUT2D eigenvalue weighted by Crippen LogP contribution is -2.66. The van der Waals surface area contributed by atoms with Gasteiger partial charge in [-0.1, -0.05) is 18.2 Å². The lowest BCUT2D eigenvalue weighted by molar-refractivity contribution is -0.188. The highest BCUT2D eigenvalue weighted by molar-refractivity contribution is 5.89. The molecule has 1 amide bonds. The maximum atomic E-state index is 14.0. The summed E-state index contributed by atoms with van der Waals surface area (Å²) in [4.78, 5) is 33.9. The molecule has 0 spiro atoms. The van der Waals surface area contributed by atoms with E-state index in [1.54, 1.807) is 29.2 Å². The number of rotatable bonds is 5. The van der Waals surface area contributed by atoms with E-state index in [4.69, 9.17) is 4.84 Å². The number of fused-ring (bicyclic) bond motifs is 1. The van der Waals surface area contributed by atoms with Crippen molar-refractivity contribution in [2.45, 2.75) is 75.1 Å². The maximum absolute atomic E-state index is 14.0. The molecular formula is C25H29N3O4. The topological polar surface area (TPSA) is 103 Å². The minimum Gasteiger partial charge on any atom is -0.390 e. The number of hydrogen-bond acceptors (Lipinski definition) is 6. The fourth-order valence-corrected chi connectivity index (χ4v) is 7.84. The molecule has 1 aliphatic heterocycles. The van der Waals surface area contributed by atoms with Crippen LogP contribution in [0.2, 0.25) is 0 Å². The molecule has 6 aliphatic rings. The van der Waals surface area contributed by atoms with Crippen LogP contribution in [0.15, 0.2) is 30.3 Å². The van der Waals surface area contributed by atoms with Crippen molar-refractivity contribution in [2.24, 2.45) is 23.2 Å². The molecule has 32 heavy (non-hydrogen) atoms. The number of nitriles is 1. The number of carbonyl (C=O) groups excluding carboxylic acids is 2. The first-order valence-electron chi connectivity index (χ1n) is 11.9. The van der Waals surface area contributed by atoms with Crippen LogP contribution in [0.5, 0.6) is 0 Å². The average molecular weight is 436 g/mol. The number of nitrogens with one attached hydrogen (secondary N) is 1. The molecule has 1 aromatic rings. The third-order valence-electron chi connectivity index (χ3n) is 8.72. The Morgan fingerprint density at radius 3 is 2.50 bits per heavy atom. The van der Waals surface area contributed by atoms with Crippen LogP contribution < -0.4 is 5.48 Å². The summed E-state index contributed by atoms with van der Waals surface area (Å²) in [6.07, 6.45) is 6.60. The predicted molar refractivity (Wildman–Crippen MR) is 114 cm³/mol. The van der Waals surface area contributed by atoms with Gasteiger partial charge in [-0.3, -0.25) is 4.79 Å². The van der Waals surface area contributed by atoms with Crippen LogP contribution in [-0.2, 0) is 9.63 Å². The van der Waals surface area contributed by atoms with Gasteiger partial charge in [0.25, 0.3) is 0 Å². The second-order valence-corrected chi connectivity index (χ2v) is 11.0. The highest BCUT2D eigenvalue weighted by Gasteiger charge is 2.64. The first kappa shape index (κ1) is 20.2. The summed E-state index contributed by atoms with van der Waals surface area (Å²) in [5.74, 6) is 0.517. The van der Waals surface area contributed by atoms with Crippen molar-refractivity contribution in [2.75, 3.05) is 0 Å². The molecule has 168 valence electrons. The number of hydrogen-bond donors (Lipinski definition) is 2. The second-order valence-electron chi connectivity index (χ2n) is 11.0. The SMILES string of the molecule is N#C[C@@H]1C[C@@H]2C[C@@H]2N1C(=O)C(NOC(=O)c1ccccc1)C12CC3CC(CC(O)(C3)C1)C2. The van der Waals surface area contributed by atoms with E-state index >= 15 is 0 Å². The van der Waals surface area contributed by atoms with Crippen LogP contribution in [0.1, 0.15) is 61.7 Å². The summed E-state index contributed by atoms with van der Waals surface area (Å²) in [5, 5.41) is 20.9. The number of hydroxylamine groups is 1. The normalized spacial score (nSPS) is 41.6. The molecule has 7 nitrogen and oxygen atoms in total. The molecule has 1 saturated heterocycles. The lowest BCUT2D eigenvalue weighted by Gasteiger charge is -2.62. The average Bonchev–Trinajstić information content (AvgIpc) is 3.41. The maximum Gasteiger partial charge on any atom is 0.356 e. The Kier molecular flexibility index (Phi) is 4.44. The number of benzene rings is 1. The Balaban J connectivity index is 1.30. The van der Waals surface area contributed by atoms with Crippen LogP contribution in [0.25, 0.3) is 0 Å². The Morgan fingerprint density at radius 2 is 1.84 bits per heavy atom. The van der Waals surface area contributed by atoms with E-state index in [2.05, 4.69) is 11.5 Å². The van der Waals surface area contributed by atoms with E-state index in [0.29, 0.717) is 29.7 Å². The van der Waals surface area contributed by atoms with E-state index in [1.165, 1.54) is 0 Å². The van der Waals surface area contributed by atoms with Crippen molar-refractivity contribution in [3.8, 4) is 6.07 Å². The summed E-state index contributed by atoms with van der Waals surface area (Å²) in [5.41, 5.74) is 2.10. The monoisotopic (exact) mass is 435 g/mol. The standard InChI is InChI=1S/C25H29N3O4/c26-13-19-7-18-8-20(18)28(19)22(29)21(27-32-23(30)17-4-2-1-3-5-17)24-9-15-6-16(10-24)12-25(31,11-15)14-24/h1-5,15-16,18-21,27,31H,6-12,14H2/t15?,16?,18-,19+,20+,21?,24?,25?/m1/s1. The van der Waals surface area contributed by atoms with Gasteiger partial charge in [0.15, 0.2) is 0 Å². The first-order chi connectivity index (χ1) is 15.4. The van der Waals surface area contributed by atoms with Gasteiger partial charge in [-0.25, -0.2) is 4.79 Å². The van der Waals surface area contributed by atoms with Gasteiger partial charge in [0.1, 0.15) is 12.1 Å². The fourth-order valence-electron chi connectivity index (χ4n) is 7.84. The van der Waals surface area contributed by atoms with E-state index in [-0.39, 0.29) is 11.9 Å². The third kappa shape index (κ3) is 3.15. The van der Waals surface area contributed by atoms with E-state index in [0.717, 1.165) is 44.9 Å². The number of aliphatic hydroxyl groups is 1. The Labute approximate surface area is 187 Å². The Bertz CT molecular complexity index is 975. The number of piperidine rings is 1. The lowest BCUT2D eigenvalue weighted by atomic mass is 9.46. The number of amides is 1. The Morgan fingerprint density at radius 1 is 1.12 bits per heavy atom. The Hall–Kier alpha value is -2.43. The highest BCUT2D eigenvalue weighted by atomic mass is 16.7. The van der Waals surface area contributed by atoms with E-state index in [9.17, 15) is 20.0 Å². The van der Waals surface area contributed by atoms with Crippen molar-refractivity contribution in [3.05, 3.63) is 35.9 Å². The molecule has 2 N–H and O–H groups in total. The molecule has 3 unspecified atom stereocenters. The van der Waals surface area contributed by atoms with Gasteiger partial charge in [-0.15, -0.1) is 5.48 Å². The summed E-state index contributed by atoms with van der Waals surface area (Å²) >= 11 is 0. The predicted octanol–water partition coefficient (Wildman–Crippen LogP) is 2.56. The molecule has 0 aromatic heterocycles. The van der Waals surface area contributed by atoms with Crippen LogP contribution in [0.3, 0.4) is 0 Å². The van der Waals surface area contributed by atoms with E-state index < -0.39 is 29.1 Å². The van der Waals surface area contributed by atoms with Gasteiger partial charge in [0.05, 0.1) is 17.2 Å². The molecule has 7 rings (SSSR count). The summed E-state index contributed by atoms with van der Waals surface area (Å²) < 4.78 is 0. The van der Waals surface area contributed by atoms with Gasteiger partial charge in [0.2, 0.25) is 5.91 Å². The minimum atomic E-state index is -0.747. The molecule has 1 aromatic carbocycles. The third-order valence-corrected chi connectivity index (χ3v) is 8.72. The number of carbonyl (C=O) groups is 2. The zero-order valence-electron chi connectivity index (χ0n) is 18.1. The molecule has 4 bridgehead atoms. The number of nitrogens with zero attached hydrogens (tertiary/aromatic N) is 2. The fraction of sp³-hybridized carbons (Fsp3) is 0.640. The van der Waals surface area contributed by atoms with Crippen molar-refractivity contribution in [1.82, 2.24) is 10.4 Å². The zero-order chi connectivity index (χ0) is 22.1. The van der Waals surface area contributed by atoms with Crippen molar-refractivity contribution in [1.29, 1.82) is 5.26 Å². The van der Waals surface area contributed by atoms with Gasteiger partial charge in [-0.05, 0) is 81.3 Å². The summed E-state index contributed by atoms with van der Waals surface area (Å²) in [6.45, 7) is 0. The molecule has 6 fully saturated rings. The number of likely N-dealkylation sites (tertiary alicyclic amines) is 1. The molecule has 5 saturated carbocycles.